The minimum Gasteiger partial charge on any atom is -0.462 e. The number of aromatic nitrogens is 2. The first-order valence-corrected chi connectivity index (χ1v) is 12.2. The van der Waals surface area contributed by atoms with Crippen molar-refractivity contribution in [2.75, 3.05) is 0 Å². The topological polar surface area (TPSA) is 90.7 Å². The first kappa shape index (κ1) is 25.9. The fraction of sp³-hybridized carbons (Fsp3) is 0.593. The molecule has 0 saturated carbocycles. The Kier molecular flexibility index (Phi) is 8.89. The first-order chi connectivity index (χ1) is 16.1. The van der Waals surface area contributed by atoms with E-state index in [2.05, 4.69) is 31.8 Å². The number of fused-ring (bicyclic) bond motifs is 1. The lowest BCUT2D eigenvalue weighted by molar-refractivity contribution is -0.151. The summed E-state index contributed by atoms with van der Waals surface area (Å²) >= 11 is 0. The lowest BCUT2D eigenvalue weighted by Gasteiger charge is -2.43. The summed E-state index contributed by atoms with van der Waals surface area (Å²) in [4.78, 5) is 28.5. The van der Waals surface area contributed by atoms with Crippen molar-refractivity contribution in [1.29, 1.82) is 0 Å². The molecule has 2 aliphatic rings. The summed E-state index contributed by atoms with van der Waals surface area (Å²) in [6.45, 7) is 8.01. The van der Waals surface area contributed by atoms with Gasteiger partial charge in [-0.05, 0) is 55.9 Å². The fourth-order valence-corrected chi connectivity index (χ4v) is 5.34. The van der Waals surface area contributed by atoms with Crippen LogP contribution in [-0.4, -0.2) is 44.9 Å². The van der Waals surface area contributed by atoms with Crippen LogP contribution in [0.5, 0.6) is 0 Å². The van der Waals surface area contributed by atoms with Gasteiger partial charge in [0.15, 0.2) is 0 Å². The van der Waals surface area contributed by atoms with Gasteiger partial charge in [0, 0.05) is 32.7 Å². The summed E-state index contributed by atoms with van der Waals surface area (Å²) in [6, 6.07) is 0. The molecule has 1 aromatic heterocycles. The minimum absolute atomic E-state index is 0.123. The molecule has 0 bridgehead atoms. The molecule has 7 heteroatoms. The van der Waals surface area contributed by atoms with Crippen LogP contribution in [0, 0.1) is 23.7 Å². The number of esters is 2. The number of hydrogen-bond acceptors (Lipinski definition) is 6. The largest absolute Gasteiger partial charge is 0.462 e. The van der Waals surface area contributed by atoms with Gasteiger partial charge in [-0.25, -0.2) is 9.78 Å². The molecule has 0 saturated heterocycles. The molecule has 6 atom stereocenters. The standard InChI is InChI=1S/C27H38N2O5/c1-17(2)22-11-9-18(3)23-14-26(34-27(32)12-10-20-15-29(5)16-28-20)25(31)8-6-7-21(13-24(22)23)33-19(4)30/h6,8-10,12,15-17,21-26,31H,7,11,13-14H2,1-5H3. The summed E-state index contributed by atoms with van der Waals surface area (Å²) in [5, 5.41) is 10.9. The zero-order valence-electron chi connectivity index (χ0n) is 20.9. The van der Waals surface area contributed by atoms with Crippen LogP contribution in [0.1, 0.15) is 59.1 Å². The highest BCUT2D eigenvalue weighted by molar-refractivity contribution is 5.86. The molecule has 34 heavy (non-hydrogen) atoms. The van der Waals surface area contributed by atoms with Gasteiger partial charge in [0.1, 0.15) is 18.3 Å². The van der Waals surface area contributed by atoms with Crippen LogP contribution in [0.4, 0.5) is 0 Å². The van der Waals surface area contributed by atoms with Crippen LogP contribution in [0.3, 0.4) is 0 Å². The van der Waals surface area contributed by atoms with E-state index in [1.54, 1.807) is 29.2 Å². The lowest BCUT2D eigenvalue weighted by Crippen LogP contribution is -2.40. The van der Waals surface area contributed by atoms with Gasteiger partial charge in [-0.2, -0.15) is 0 Å². The zero-order valence-corrected chi connectivity index (χ0v) is 20.9. The van der Waals surface area contributed by atoms with Gasteiger partial charge in [-0.15, -0.1) is 0 Å². The van der Waals surface area contributed by atoms with Gasteiger partial charge in [0.2, 0.25) is 0 Å². The van der Waals surface area contributed by atoms with Gasteiger partial charge < -0.3 is 19.1 Å². The Hall–Kier alpha value is -2.67. The van der Waals surface area contributed by atoms with Gasteiger partial charge in [-0.1, -0.05) is 37.6 Å². The predicted molar refractivity (Wildman–Crippen MR) is 130 cm³/mol. The highest BCUT2D eigenvalue weighted by Crippen LogP contribution is 2.45. The number of carbonyl (C=O) groups excluding carboxylic acids is 2. The molecule has 0 radical (unpaired) electrons. The molecule has 1 aromatic rings. The third kappa shape index (κ3) is 6.92. The van der Waals surface area contributed by atoms with Gasteiger partial charge in [0.05, 0.1) is 12.0 Å². The highest BCUT2D eigenvalue weighted by Gasteiger charge is 2.40. The Balaban J connectivity index is 1.85. The second-order valence-electron chi connectivity index (χ2n) is 9.99. The Morgan fingerprint density at radius 1 is 1.24 bits per heavy atom. The van der Waals surface area contributed by atoms with Crippen molar-refractivity contribution in [2.24, 2.45) is 30.7 Å². The normalized spacial score (nSPS) is 30.0. The van der Waals surface area contributed by atoms with E-state index in [-0.39, 0.29) is 23.9 Å². The number of nitrogens with zero attached hydrogens (tertiary/aromatic N) is 2. The van der Waals surface area contributed by atoms with Gasteiger partial charge >= 0.3 is 11.9 Å². The average Bonchev–Trinajstić information content (AvgIpc) is 3.18. The molecule has 2 aliphatic carbocycles. The molecule has 1 heterocycles. The Labute approximate surface area is 202 Å². The summed E-state index contributed by atoms with van der Waals surface area (Å²) in [7, 11) is 1.86. The van der Waals surface area contributed by atoms with E-state index in [1.165, 1.54) is 18.6 Å². The molecule has 6 unspecified atom stereocenters. The van der Waals surface area contributed by atoms with Crippen molar-refractivity contribution in [3.05, 3.63) is 48.1 Å². The van der Waals surface area contributed by atoms with E-state index in [4.69, 9.17) is 9.47 Å². The van der Waals surface area contributed by atoms with Crippen LogP contribution in [0.25, 0.3) is 6.08 Å². The monoisotopic (exact) mass is 470 g/mol. The number of aliphatic hydroxyl groups excluding tert-OH is 1. The number of allylic oxidation sites excluding steroid dienone is 2. The summed E-state index contributed by atoms with van der Waals surface area (Å²) in [5.41, 5.74) is 1.90. The molecule has 0 spiro atoms. The van der Waals surface area contributed by atoms with Crippen LogP contribution < -0.4 is 0 Å². The van der Waals surface area contributed by atoms with E-state index in [9.17, 15) is 14.7 Å². The van der Waals surface area contributed by atoms with E-state index in [1.807, 2.05) is 13.1 Å². The molecule has 0 fully saturated rings. The second-order valence-corrected chi connectivity index (χ2v) is 9.99. The zero-order chi connectivity index (χ0) is 24.8. The van der Waals surface area contributed by atoms with Crippen molar-refractivity contribution in [3.63, 3.8) is 0 Å². The molecule has 0 aliphatic heterocycles. The lowest BCUT2D eigenvalue weighted by atomic mass is 9.64. The van der Waals surface area contributed by atoms with Crippen molar-refractivity contribution in [3.8, 4) is 0 Å². The maximum absolute atomic E-state index is 12.6. The van der Waals surface area contributed by atoms with Gasteiger partial charge in [0.25, 0.3) is 0 Å². The average molecular weight is 471 g/mol. The van der Waals surface area contributed by atoms with E-state index < -0.39 is 18.2 Å². The number of rotatable bonds is 5. The molecule has 0 amide bonds. The number of ether oxygens (including phenoxy) is 2. The van der Waals surface area contributed by atoms with Crippen LogP contribution in [-0.2, 0) is 26.1 Å². The Morgan fingerprint density at radius 3 is 2.65 bits per heavy atom. The molecular weight excluding hydrogens is 432 g/mol. The molecular formula is C27H38N2O5. The molecule has 3 rings (SSSR count). The fourth-order valence-electron chi connectivity index (χ4n) is 5.34. The Bertz CT molecular complexity index is 945. The van der Waals surface area contributed by atoms with Gasteiger partial charge in [-0.3, -0.25) is 4.79 Å². The number of aryl methyl sites for hydroxylation is 1. The highest BCUT2D eigenvalue weighted by atomic mass is 16.6. The van der Waals surface area contributed by atoms with Crippen LogP contribution in [0.15, 0.2) is 42.4 Å². The number of imidazole rings is 1. The molecule has 1 N–H and O–H groups in total. The third-order valence-electron chi connectivity index (χ3n) is 7.07. The van der Waals surface area contributed by atoms with E-state index in [0.717, 1.165) is 12.8 Å². The smallest absolute Gasteiger partial charge is 0.331 e. The Morgan fingerprint density at radius 2 is 2.00 bits per heavy atom. The van der Waals surface area contributed by atoms with Crippen LogP contribution >= 0.6 is 0 Å². The van der Waals surface area contributed by atoms with Crippen molar-refractivity contribution >= 4 is 18.0 Å². The molecule has 186 valence electrons. The molecule has 7 nitrogen and oxygen atoms in total. The maximum Gasteiger partial charge on any atom is 0.331 e. The van der Waals surface area contributed by atoms with E-state index >= 15 is 0 Å². The SMILES string of the molecule is CC(=O)OC1CC=CC(O)C(OC(=O)C=Cc2cn(C)cn2)CC2C(C)=CCC(C(C)C)C2C1. The summed E-state index contributed by atoms with van der Waals surface area (Å²) in [5.74, 6) is 0.472. The van der Waals surface area contributed by atoms with Crippen molar-refractivity contribution in [1.82, 2.24) is 9.55 Å². The maximum atomic E-state index is 12.6. The van der Waals surface area contributed by atoms with Crippen molar-refractivity contribution in [2.45, 2.75) is 71.7 Å². The third-order valence-corrected chi connectivity index (χ3v) is 7.07. The predicted octanol–water partition coefficient (Wildman–Crippen LogP) is 4.23. The summed E-state index contributed by atoms with van der Waals surface area (Å²) < 4.78 is 13.2. The van der Waals surface area contributed by atoms with E-state index in [0.29, 0.717) is 30.4 Å². The quantitative estimate of drug-likeness (QED) is 0.393. The number of carbonyl (C=O) groups is 2. The first-order valence-electron chi connectivity index (χ1n) is 12.2. The number of hydrogen-bond donors (Lipinski definition) is 1. The minimum atomic E-state index is -0.948. The second kappa shape index (κ2) is 11.6. The molecule has 0 aromatic carbocycles. The van der Waals surface area contributed by atoms with Crippen molar-refractivity contribution < 1.29 is 24.2 Å². The number of aliphatic hydroxyl groups is 1. The van der Waals surface area contributed by atoms with Crippen LogP contribution in [0.2, 0.25) is 0 Å². The summed E-state index contributed by atoms with van der Waals surface area (Å²) in [6.07, 6.45) is 13.1.